The molecule has 4 heteroatoms. The van der Waals surface area contributed by atoms with E-state index in [0.29, 0.717) is 13.0 Å². The van der Waals surface area contributed by atoms with Gasteiger partial charge in [-0.1, -0.05) is 60.7 Å². The third-order valence-electron chi connectivity index (χ3n) is 3.31. The van der Waals surface area contributed by atoms with Crippen LogP contribution in [0.25, 0.3) is 0 Å². The first-order chi connectivity index (χ1) is 10.1. The molecule has 1 N–H and O–H groups in total. The van der Waals surface area contributed by atoms with Gasteiger partial charge in [0.1, 0.15) is 9.84 Å². The van der Waals surface area contributed by atoms with Crippen LogP contribution in [0.5, 0.6) is 0 Å². The molecule has 0 heterocycles. The fourth-order valence-electron chi connectivity index (χ4n) is 2.30. The van der Waals surface area contributed by atoms with Gasteiger partial charge >= 0.3 is 0 Å². The largest absolute Gasteiger partial charge is 0.306 e. The smallest absolute Gasteiger partial charge is 0.147 e. The second-order valence-corrected chi connectivity index (χ2v) is 7.45. The molecule has 0 atom stereocenters. The number of benzene rings is 2. The Kier molecular flexibility index (Phi) is 5.53. The average Bonchev–Trinajstić information content (AvgIpc) is 2.48. The van der Waals surface area contributed by atoms with Crippen molar-refractivity contribution >= 4 is 9.84 Å². The van der Waals surface area contributed by atoms with Gasteiger partial charge in [-0.15, -0.1) is 0 Å². The van der Waals surface area contributed by atoms with Crippen LogP contribution in [0.2, 0.25) is 0 Å². The van der Waals surface area contributed by atoms with Gasteiger partial charge in [-0.25, -0.2) is 8.42 Å². The molecule has 0 fully saturated rings. The lowest BCUT2D eigenvalue weighted by Crippen LogP contribution is -2.25. The number of sulfone groups is 1. The molecule has 0 bridgehead atoms. The lowest BCUT2D eigenvalue weighted by Gasteiger charge is -2.19. The van der Waals surface area contributed by atoms with Gasteiger partial charge in [0.05, 0.1) is 11.8 Å². The molecule has 0 spiro atoms. The minimum absolute atomic E-state index is 0.0898. The summed E-state index contributed by atoms with van der Waals surface area (Å²) in [5.74, 6) is 0.219. The van der Waals surface area contributed by atoms with Crippen molar-refractivity contribution in [1.82, 2.24) is 5.32 Å². The molecule has 0 aromatic heterocycles. The molecule has 0 unspecified atom stereocenters. The Morgan fingerprint density at radius 3 is 1.81 bits per heavy atom. The molecular formula is C17H21NO2S. The highest BCUT2D eigenvalue weighted by molar-refractivity contribution is 7.90. The topological polar surface area (TPSA) is 46.2 Å². The van der Waals surface area contributed by atoms with Crippen LogP contribution < -0.4 is 5.32 Å². The minimum Gasteiger partial charge on any atom is -0.306 e. The van der Waals surface area contributed by atoms with Crippen molar-refractivity contribution in [2.45, 2.75) is 12.5 Å². The predicted octanol–water partition coefficient (Wildman–Crippen LogP) is 2.80. The maximum Gasteiger partial charge on any atom is 0.147 e. The summed E-state index contributed by atoms with van der Waals surface area (Å²) in [4.78, 5) is 0. The summed E-state index contributed by atoms with van der Waals surface area (Å²) in [6.07, 6.45) is 1.90. The Morgan fingerprint density at radius 1 is 0.905 bits per heavy atom. The van der Waals surface area contributed by atoms with E-state index in [9.17, 15) is 8.42 Å². The third-order valence-corrected chi connectivity index (χ3v) is 4.34. The maximum atomic E-state index is 11.2. The van der Waals surface area contributed by atoms with Crippen molar-refractivity contribution < 1.29 is 8.42 Å². The highest BCUT2D eigenvalue weighted by atomic mass is 32.2. The molecule has 0 aliphatic rings. The van der Waals surface area contributed by atoms with E-state index >= 15 is 0 Å². The van der Waals surface area contributed by atoms with Gasteiger partial charge in [0.15, 0.2) is 0 Å². The summed E-state index contributed by atoms with van der Waals surface area (Å²) >= 11 is 0. The van der Waals surface area contributed by atoms with E-state index in [-0.39, 0.29) is 11.8 Å². The highest BCUT2D eigenvalue weighted by Gasteiger charge is 2.12. The van der Waals surface area contributed by atoms with Crippen molar-refractivity contribution in [2.75, 3.05) is 18.6 Å². The Hall–Kier alpha value is -1.65. The van der Waals surface area contributed by atoms with E-state index in [4.69, 9.17) is 0 Å². The lowest BCUT2D eigenvalue weighted by atomic mass is 9.99. The van der Waals surface area contributed by atoms with Gasteiger partial charge in [0.2, 0.25) is 0 Å². The van der Waals surface area contributed by atoms with Crippen molar-refractivity contribution in [2.24, 2.45) is 0 Å². The van der Waals surface area contributed by atoms with E-state index in [1.807, 2.05) is 36.4 Å². The van der Waals surface area contributed by atoms with Gasteiger partial charge < -0.3 is 5.32 Å². The Balaban J connectivity index is 2.07. The molecule has 0 aliphatic heterocycles. The molecule has 0 saturated carbocycles. The predicted molar refractivity (Wildman–Crippen MR) is 87.1 cm³/mol. The molecule has 0 amide bonds. The summed E-state index contributed by atoms with van der Waals surface area (Å²) < 4.78 is 22.4. The zero-order valence-electron chi connectivity index (χ0n) is 12.2. The zero-order chi connectivity index (χ0) is 15.1. The van der Waals surface area contributed by atoms with E-state index in [0.717, 1.165) is 0 Å². The summed E-state index contributed by atoms with van der Waals surface area (Å²) in [7, 11) is -2.89. The van der Waals surface area contributed by atoms with Crippen LogP contribution in [0.1, 0.15) is 23.6 Å². The minimum atomic E-state index is -2.89. The third kappa shape index (κ3) is 5.33. The Bertz CT molecular complexity index is 600. The van der Waals surface area contributed by atoms with E-state index in [1.54, 1.807) is 0 Å². The van der Waals surface area contributed by atoms with Crippen LogP contribution in [0, 0.1) is 0 Å². The first-order valence-electron chi connectivity index (χ1n) is 7.07. The number of hydrogen-bond donors (Lipinski definition) is 1. The first kappa shape index (κ1) is 15.7. The van der Waals surface area contributed by atoms with Crippen LogP contribution in [0.3, 0.4) is 0 Å². The van der Waals surface area contributed by atoms with Crippen molar-refractivity contribution in [3.05, 3.63) is 71.8 Å². The van der Waals surface area contributed by atoms with Crippen LogP contribution in [-0.2, 0) is 9.84 Å². The van der Waals surface area contributed by atoms with Crippen molar-refractivity contribution in [3.63, 3.8) is 0 Å². The molecule has 0 saturated heterocycles. The summed E-state index contributed by atoms with van der Waals surface area (Å²) in [6.45, 7) is 0.668. The molecule has 21 heavy (non-hydrogen) atoms. The molecular weight excluding hydrogens is 282 g/mol. The molecule has 2 rings (SSSR count). The number of hydrogen-bond acceptors (Lipinski definition) is 3. The SMILES string of the molecule is CS(=O)(=O)CCCNC(c1ccccc1)c1ccccc1. The average molecular weight is 303 g/mol. The Labute approximate surface area is 126 Å². The summed E-state index contributed by atoms with van der Waals surface area (Å²) in [5.41, 5.74) is 2.37. The van der Waals surface area contributed by atoms with Crippen LogP contribution in [-0.4, -0.2) is 27.0 Å². The molecule has 2 aromatic rings. The van der Waals surface area contributed by atoms with Gasteiger partial charge in [-0.2, -0.15) is 0 Å². The van der Waals surface area contributed by atoms with Crippen molar-refractivity contribution in [3.8, 4) is 0 Å². The van der Waals surface area contributed by atoms with Crippen LogP contribution in [0.4, 0.5) is 0 Å². The Morgan fingerprint density at radius 2 is 1.38 bits per heavy atom. The molecule has 3 nitrogen and oxygen atoms in total. The lowest BCUT2D eigenvalue weighted by molar-refractivity contribution is 0.579. The second-order valence-electron chi connectivity index (χ2n) is 5.19. The quantitative estimate of drug-likeness (QED) is 0.800. The molecule has 2 aromatic carbocycles. The maximum absolute atomic E-state index is 11.2. The first-order valence-corrected chi connectivity index (χ1v) is 9.13. The standard InChI is InChI=1S/C17H21NO2S/c1-21(19,20)14-8-13-18-17(15-9-4-2-5-10-15)16-11-6-3-7-12-16/h2-7,9-12,17-18H,8,13-14H2,1H3. The molecule has 112 valence electrons. The molecule has 0 radical (unpaired) electrons. The normalized spacial score (nSPS) is 11.7. The van der Waals surface area contributed by atoms with E-state index in [2.05, 4.69) is 29.6 Å². The monoisotopic (exact) mass is 303 g/mol. The molecule has 0 aliphatic carbocycles. The summed E-state index contributed by atoms with van der Waals surface area (Å²) in [5, 5.41) is 3.46. The summed E-state index contributed by atoms with van der Waals surface area (Å²) in [6, 6.07) is 20.5. The van der Waals surface area contributed by atoms with Crippen LogP contribution >= 0.6 is 0 Å². The second kappa shape index (κ2) is 7.38. The van der Waals surface area contributed by atoms with Gasteiger partial charge in [0, 0.05) is 6.26 Å². The number of rotatable bonds is 7. The fourth-order valence-corrected chi connectivity index (χ4v) is 2.97. The highest BCUT2D eigenvalue weighted by Crippen LogP contribution is 2.21. The van der Waals surface area contributed by atoms with E-state index < -0.39 is 9.84 Å². The van der Waals surface area contributed by atoms with Gasteiger partial charge in [-0.3, -0.25) is 0 Å². The van der Waals surface area contributed by atoms with Gasteiger partial charge in [-0.05, 0) is 24.1 Å². The van der Waals surface area contributed by atoms with Crippen molar-refractivity contribution in [1.29, 1.82) is 0 Å². The fraction of sp³-hybridized carbons (Fsp3) is 0.294. The van der Waals surface area contributed by atoms with E-state index in [1.165, 1.54) is 17.4 Å². The zero-order valence-corrected chi connectivity index (χ0v) is 13.0. The van der Waals surface area contributed by atoms with Gasteiger partial charge in [0.25, 0.3) is 0 Å². The number of nitrogens with one attached hydrogen (secondary N) is 1. The van der Waals surface area contributed by atoms with Crippen LogP contribution in [0.15, 0.2) is 60.7 Å².